The number of hydrogen-bond donors (Lipinski definition) is 0. The maximum atomic E-state index is 2.41. The molecule has 1 aliphatic rings. The van der Waals surface area contributed by atoms with Crippen molar-refractivity contribution in [2.24, 2.45) is 0 Å². The van der Waals surface area contributed by atoms with Gasteiger partial charge in [-0.3, -0.25) is 0 Å². The molecule has 10 aromatic rings. The fourth-order valence-electron chi connectivity index (χ4n) is 9.75. The van der Waals surface area contributed by atoms with Gasteiger partial charge >= 0.3 is 0 Å². The van der Waals surface area contributed by atoms with E-state index in [0.29, 0.717) is 0 Å². The van der Waals surface area contributed by atoms with Crippen LogP contribution in [0.25, 0.3) is 65.3 Å². The number of hydrogen-bond acceptors (Lipinski definition) is 1. The molecular weight excluding hydrogens is 693 g/mol. The number of benzene rings is 10. The first-order chi connectivity index (χ1) is 27.7. The van der Waals surface area contributed by atoms with Crippen LogP contribution < -0.4 is 0 Å². The molecule has 0 radical (unpaired) electrons. The van der Waals surface area contributed by atoms with E-state index >= 15 is 0 Å². The third kappa shape index (κ3) is 5.30. The minimum Gasteiger partial charge on any atom is -0.0894 e. The predicted octanol–water partition coefficient (Wildman–Crippen LogP) is 14.9. The van der Waals surface area contributed by atoms with E-state index < -0.39 is 0 Å². The summed E-state index contributed by atoms with van der Waals surface area (Å²) in [6, 6.07) is 76.9. The first kappa shape index (κ1) is 33.0. The Morgan fingerprint density at radius 2 is 0.696 bits per heavy atom. The van der Waals surface area contributed by atoms with Gasteiger partial charge in [0.1, 0.15) is 0 Å². The van der Waals surface area contributed by atoms with Crippen LogP contribution >= 0.6 is 11.8 Å². The molecule has 0 amide bonds. The molecule has 10 aromatic carbocycles. The Labute approximate surface area is 332 Å². The van der Waals surface area contributed by atoms with Crippen molar-refractivity contribution in [1.29, 1.82) is 0 Å². The van der Waals surface area contributed by atoms with E-state index in [-0.39, 0.29) is 5.41 Å². The van der Waals surface area contributed by atoms with E-state index in [1.807, 2.05) is 11.8 Å². The van der Waals surface area contributed by atoms with Crippen LogP contribution in [-0.4, -0.2) is 0 Å². The van der Waals surface area contributed by atoms with Crippen LogP contribution in [-0.2, 0) is 18.3 Å². The maximum absolute atomic E-state index is 2.41. The molecule has 1 heterocycles. The van der Waals surface area contributed by atoms with E-state index in [1.165, 1.54) is 97.4 Å². The molecule has 0 aliphatic carbocycles. The molecule has 0 N–H and O–H groups in total. The van der Waals surface area contributed by atoms with Gasteiger partial charge < -0.3 is 0 Å². The molecule has 0 saturated carbocycles. The van der Waals surface area contributed by atoms with Gasteiger partial charge in [-0.05, 0) is 113 Å². The average Bonchev–Trinajstić information content (AvgIpc) is 3.26. The predicted molar refractivity (Wildman–Crippen MR) is 239 cm³/mol. The zero-order valence-electron chi connectivity index (χ0n) is 31.0. The summed E-state index contributed by atoms with van der Waals surface area (Å²) in [5, 5.41) is 10.4. The van der Waals surface area contributed by atoms with E-state index in [1.54, 1.807) is 0 Å². The lowest BCUT2D eigenvalue weighted by molar-refractivity contribution is 0.494. The lowest BCUT2D eigenvalue weighted by Crippen LogP contribution is -2.36. The van der Waals surface area contributed by atoms with Crippen molar-refractivity contribution in [1.82, 2.24) is 0 Å². The van der Waals surface area contributed by atoms with Crippen LogP contribution in [0.2, 0.25) is 0 Å². The SMILES string of the molecule is c1ccc(CC2(Cc3ccc(-c4c(-c5ccccc5)c5ccccc5c5ccccc45)cc3)c3c(ccc4ccccc34)Sc3ccc4ccccc4c32)cc1. The third-order valence-electron chi connectivity index (χ3n) is 12.1. The van der Waals surface area contributed by atoms with Crippen LogP contribution in [0.3, 0.4) is 0 Å². The Bertz CT molecular complexity index is 3000. The summed E-state index contributed by atoms with van der Waals surface area (Å²) in [4.78, 5) is 2.71. The summed E-state index contributed by atoms with van der Waals surface area (Å²) in [6.45, 7) is 0. The van der Waals surface area contributed by atoms with Crippen LogP contribution in [0.1, 0.15) is 22.3 Å². The van der Waals surface area contributed by atoms with Crippen molar-refractivity contribution in [2.45, 2.75) is 28.0 Å². The Hall–Kier alpha value is -6.41. The van der Waals surface area contributed by atoms with Crippen LogP contribution in [0.15, 0.2) is 216 Å². The van der Waals surface area contributed by atoms with Crippen molar-refractivity contribution in [3.8, 4) is 22.3 Å². The number of rotatable bonds is 6. The normalized spacial score (nSPS) is 13.2. The Kier molecular flexibility index (Phi) is 7.90. The van der Waals surface area contributed by atoms with Gasteiger partial charge in [0.2, 0.25) is 0 Å². The molecule has 1 aliphatic heterocycles. The largest absolute Gasteiger partial charge is 0.0894 e. The summed E-state index contributed by atoms with van der Waals surface area (Å²) in [6.07, 6.45) is 1.76. The standard InChI is InChI=1S/C55H38S/c1-3-15-37(16-4-1)35-55(53-43-21-9-7-17-39(43)31-33-49(53)56-50-34-32-40-18-8-10-22-44(40)54(50)55)36-38-27-29-42(30-28-38)52-48-26-14-12-24-46(48)45-23-11-13-25-47(45)51(52)41-19-5-2-6-20-41/h1-34H,35-36H2. The van der Waals surface area contributed by atoms with Gasteiger partial charge in [0.25, 0.3) is 0 Å². The minimum atomic E-state index is -0.328. The van der Waals surface area contributed by atoms with Gasteiger partial charge in [0.15, 0.2) is 0 Å². The second-order valence-electron chi connectivity index (χ2n) is 15.2. The van der Waals surface area contributed by atoms with E-state index in [0.717, 1.165) is 12.8 Å². The van der Waals surface area contributed by atoms with Gasteiger partial charge in [-0.1, -0.05) is 206 Å². The summed E-state index contributed by atoms with van der Waals surface area (Å²) in [7, 11) is 0. The second-order valence-corrected chi connectivity index (χ2v) is 16.3. The monoisotopic (exact) mass is 730 g/mol. The average molecular weight is 731 g/mol. The molecule has 0 fully saturated rings. The molecule has 1 heteroatoms. The highest BCUT2D eigenvalue weighted by atomic mass is 32.2. The minimum absolute atomic E-state index is 0.328. The summed E-state index contributed by atoms with van der Waals surface area (Å²) < 4.78 is 0. The Morgan fingerprint density at radius 3 is 1.21 bits per heavy atom. The maximum Gasteiger partial charge on any atom is 0.0318 e. The molecule has 0 unspecified atom stereocenters. The van der Waals surface area contributed by atoms with Crippen LogP contribution in [0.4, 0.5) is 0 Å². The molecule has 56 heavy (non-hydrogen) atoms. The highest BCUT2D eigenvalue weighted by Gasteiger charge is 2.43. The van der Waals surface area contributed by atoms with Crippen LogP contribution in [0, 0.1) is 0 Å². The Balaban J connectivity index is 1.16. The summed E-state index contributed by atoms with van der Waals surface area (Å²) in [5.74, 6) is 0. The molecule has 11 rings (SSSR count). The highest BCUT2D eigenvalue weighted by molar-refractivity contribution is 7.99. The lowest BCUT2D eigenvalue weighted by atomic mass is 9.64. The zero-order valence-corrected chi connectivity index (χ0v) is 31.8. The van der Waals surface area contributed by atoms with Crippen molar-refractivity contribution in [3.63, 3.8) is 0 Å². The third-order valence-corrected chi connectivity index (χ3v) is 13.2. The van der Waals surface area contributed by atoms with Gasteiger partial charge in [0.05, 0.1) is 0 Å². The topological polar surface area (TPSA) is 0 Å². The molecule has 0 saturated heterocycles. The molecular formula is C55H38S. The van der Waals surface area contributed by atoms with Crippen LogP contribution in [0.5, 0.6) is 0 Å². The summed E-state index contributed by atoms with van der Waals surface area (Å²) >= 11 is 1.94. The summed E-state index contributed by atoms with van der Waals surface area (Å²) in [5.41, 5.74) is 10.3. The molecule has 0 bridgehead atoms. The van der Waals surface area contributed by atoms with E-state index in [4.69, 9.17) is 0 Å². The molecule has 0 atom stereocenters. The molecule has 0 nitrogen and oxygen atoms in total. The highest BCUT2D eigenvalue weighted by Crippen LogP contribution is 2.56. The van der Waals surface area contributed by atoms with Gasteiger partial charge in [-0.15, -0.1) is 0 Å². The smallest absolute Gasteiger partial charge is 0.0318 e. The van der Waals surface area contributed by atoms with E-state index in [2.05, 4.69) is 206 Å². The number of fused-ring (bicyclic) bond motifs is 9. The van der Waals surface area contributed by atoms with Crippen molar-refractivity contribution in [3.05, 3.63) is 229 Å². The van der Waals surface area contributed by atoms with Crippen molar-refractivity contribution < 1.29 is 0 Å². The van der Waals surface area contributed by atoms with E-state index in [9.17, 15) is 0 Å². The first-order valence-electron chi connectivity index (χ1n) is 19.6. The Morgan fingerprint density at radius 1 is 0.304 bits per heavy atom. The van der Waals surface area contributed by atoms with Crippen molar-refractivity contribution >= 4 is 54.9 Å². The molecule has 0 spiro atoms. The fraction of sp³-hybridized carbons (Fsp3) is 0.0545. The fourth-order valence-corrected chi connectivity index (χ4v) is 11.1. The zero-order chi connectivity index (χ0) is 37.1. The van der Waals surface area contributed by atoms with Gasteiger partial charge in [0, 0.05) is 15.2 Å². The lowest BCUT2D eigenvalue weighted by Gasteiger charge is -2.43. The van der Waals surface area contributed by atoms with Gasteiger partial charge in [-0.2, -0.15) is 0 Å². The molecule has 264 valence electrons. The van der Waals surface area contributed by atoms with Crippen molar-refractivity contribution in [2.75, 3.05) is 0 Å². The van der Waals surface area contributed by atoms with Gasteiger partial charge in [-0.25, -0.2) is 0 Å². The molecule has 0 aromatic heterocycles. The quantitative estimate of drug-likeness (QED) is 0.154. The first-order valence-corrected chi connectivity index (χ1v) is 20.4. The second kappa shape index (κ2) is 13.4.